The number of pyridine rings is 1. The molecule has 0 unspecified atom stereocenters. The van der Waals surface area contributed by atoms with Crippen LogP contribution >= 0.6 is 11.6 Å². The summed E-state index contributed by atoms with van der Waals surface area (Å²) in [5.41, 5.74) is 2.65. The molecule has 0 atom stereocenters. The Morgan fingerprint density at radius 2 is 1.94 bits per heavy atom. The van der Waals surface area contributed by atoms with Crippen LogP contribution in [0.15, 0.2) is 48.8 Å². The Morgan fingerprint density at radius 3 is 2.65 bits per heavy atom. The van der Waals surface area contributed by atoms with E-state index < -0.39 is 0 Å². The SMILES string of the molecule is Cc1ccc(NC(=O)CN2CCN(c3ccc([N+](=O)[O-])c4cnccc34)CC2)cc1Cl. The highest BCUT2D eigenvalue weighted by molar-refractivity contribution is 6.31. The van der Waals surface area contributed by atoms with E-state index in [4.69, 9.17) is 11.6 Å². The Balaban J connectivity index is 1.40. The molecule has 1 aromatic heterocycles. The number of nitrogens with zero attached hydrogens (tertiary/aromatic N) is 4. The van der Waals surface area contributed by atoms with Crippen molar-refractivity contribution in [1.82, 2.24) is 9.88 Å². The highest BCUT2D eigenvalue weighted by Gasteiger charge is 2.22. The fraction of sp³-hybridized carbons (Fsp3) is 0.273. The predicted octanol–water partition coefficient (Wildman–Crippen LogP) is 3.87. The lowest BCUT2D eigenvalue weighted by Crippen LogP contribution is -2.48. The van der Waals surface area contributed by atoms with E-state index in [1.807, 2.05) is 25.1 Å². The van der Waals surface area contributed by atoms with E-state index in [0.717, 1.165) is 29.7 Å². The third-order valence-corrected chi connectivity index (χ3v) is 5.91. The van der Waals surface area contributed by atoms with Gasteiger partial charge >= 0.3 is 0 Å². The van der Waals surface area contributed by atoms with Gasteiger partial charge in [-0.2, -0.15) is 0 Å². The molecule has 2 heterocycles. The number of hydrogen-bond donors (Lipinski definition) is 1. The van der Waals surface area contributed by atoms with Gasteiger partial charge in [0.05, 0.1) is 16.9 Å². The predicted molar refractivity (Wildman–Crippen MR) is 122 cm³/mol. The molecule has 3 aromatic rings. The average Bonchev–Trinajstić information content (AvgIpc) is 2.76. The molecular formula is C22H22ClN5O3. The molecule has 0 radical (unpaired) electrons. The number of carbonyl (C=O) groups is 1. The summed E-state index contributed by atoms with van der Waals surface area (Å²) in [5, 5.41) is 16.2. The number of nitro benzene ring substituents is 1. The summed E-state index contributed by atoms with van der Waals surface area (Å²) >= 11 is 6.12. The summed E-state index contributed by atoms with van der Waals surface area (Å²) in [6.07, 6.45) is 3.18. The van der Waals surface area contributed by atoms with Crippen molar-refractivity contribution in [2.75, 3.05) is 42.9 Å². The molecule has 1 saturated heterocycles. The van der Waals surface area contributed by atoms with Gasteiger partial charge in [-0.1, -0.05) is 17.7 Å². The smallest absolute Gasteiger partial charge is 0.278 e. The number of carbonyl (C=O) groups excluding carboxylic acids is 1. The highest BCUT2D eigenvalue weighted by Crippen LogP contribution is 2.33. The molecule has 0 saturated carbocycles. The first-order chi connectivity index (χ1) is 14.9. The van der Waals surface area contributed by atoms with Crippen molar-refractivity contribution >= 4 is 45.3 Å². The van der Waals surface area contributed by atoms with E-state index in [0.29, 0.717) is 35.7 Å². The van der Waals surface area contributed by atoms with Crippen LogP contribution in [-0.4, -0.2) is 53.4 Å². The van der Waals surface area contributed by atoms with Crippen LogP contribution in [0.25, 0.3) is 10.8 Å². The third kappa shape index (κ3) is 4.60. The maximum atomic E-state index is 12.4. The molecule has 8 nitrogen and oxygen atoms in total. The molecule has 0 spiro atoms. The van der Waals surface area contributed by atoms with Crippen molar-refractivity contribution in [1.29, 1.82) is 0 Å². The molecule has 1 aliphatic heterocycles. The number of aryl methyl sites for hydroxylation is 1. The maximum Gasteiger partial charge on any atom is 0.278 e. The molecule has 1 fully saturated rings. The van der Waals surface area contributed by atoms with Gasteiger partial charge in [0.25, 0.3) is 5.69 Å². The van der Waals surface area contributed by atoms with Crippen molar-refractivity contribution in [3.63, 3.8) is 0 Å². The quantitative estimate of drug-likeness (QED) is 0.479. The minimum atomic E-state index is -0.383. The van der Waals surface area contributed by atoms with Crippen molar-refractivity contribution in [3.05, 3.63) is 69.5 Å². The van der Waals surface area contributed by atoms with Crippen molar-refractivity contribution < 1.29 is 9.72 Å². The molecule has 1 aliphatic rings. The zero-order chi connectivity index (χ0) is 22.0. The highest BCUT2D eigenvalue weighted by atomic mass is 35.5. The Bertz CT molecular complexity index is 1150. The number of non-ortho nitro benzene ring substituents is 1. The number of nitrogens with one attached hydrogen (secondary N) is 1. The zero-order valence-electron chi connectivity index (χ0n) is 17.0. The van der Waals surface area contributed by atoms with E-state index in [9.17, 15) is 14.9 Å². The minimum absolute atomic E-state index is 0.0540. The van der Waals surface area contributed by atoms with Gasteiger partial charge in [0.1, 0.15) is 0 Å². The van der Waals surface area contributed by atoms with Crippen LogP contribution in [0.5, 0.6) is 0 Å². The number of rotatable bonds is 5. The number of hydrogen-bond acceptors (Lipinski definition) is 6. The lowest BCUT2D eigenvalue weighted by molar-refractivity contribution is -0.383. The minimum Gasteiger partial charge on any atom is -0.368 e. The van der Waals surface area contributed by atoms with E-state index in [1.165, 1.54) is 12.3 Å². The maximum absolute atomic E-state index is 12.4. The summed E-state index contributed by atoms with van der Waals surface area (Å²) < 4.78 is 0. The normalized spacial score (nSPS) is 14.6. The Hall–Kier alpha value is -3.23. The van der Waals surface area contributed by atoms with Crippen LogP contribution in [-0.2, 0) is 4.79 Å². The lowest BCUT2D eigenvalue weighted by Gasteiger charge is -2.36. The molecule has 9 heteroatoms. The molecule has 1 amide bonds. The second-order valence-corrected chi connectivity index (χ2v) is 7.96. The van der Waals surface area contributed by atoms with Crippen molar-refractivity contribution in [3.8, 4) is 0 Å². The summed E-state index contributed by atoms with van der Waals surface area (Å²) in [6.45, 7) is 5.08. The summed E-state index contributed by atoms with van der Waals surface area (Å²) in [4.78, 5) is 31.7. The van der Waals surface area contributed by atoms with Crippen LogP contribution in [0.1, 0.15) is 5.56 Å². The van der Waals surface area contributed by atoms with Gasteiger partial charge in [0.2, 0.25) is 5.91 Å². The Morgan fingerprint density at radius 1 is 1.16 bits per heavy atom. The van der Waals surface area contributed by atoms with Gasteiger partial charge in [-0.25, -0.2) is 0 Å². The number of amides is 1. The number of aromatic nitrogens is 1. The fourth-order valence-electron chi connectivity index (χ4n) is 3.82. The number of anilines is 2. The number of fused-ring (bicyclic) bond motifs is 1. The van der Waals surface area contributed by atoms with Crippen LogP contribution < -0.4 is 10.2 Å². The first-order valence-corrected chi connectivity index (χ1v) is 10.3. The molecular weight excluding hydrogens is 418 g/mol. The molecule has 0 bridgehead atoms. The molecule has 4 rings (SSSR count). The Kier molecular flexibility index (Phi) is 6.01. The monoisotopic (exact) mass is 439 g/mol. The van der Waals surface area contributed by atoms with E-state index in [2.05, 4.69) is 20.1 Å². The molecule has 1 N–H and O–H groups in total. The third-order valence-electron chi connectivity index (χ3n) is 5.50. The Labute approximate surface area is 184 Å². The topological polar surface area (TPSA) is 91.6 Å². The van der Waals surface area contributed by atoms with E-state index >= 15 is 0 Å². The summed E-state index contributed by atoms with van der Waals surface area (Å²) in [5.74, 6) is -0.0831. The van der Waals surface area contributed by atoms with Crippen LogP contribution in [0.4, 0.5) is 17.1 Å². The van der Waals surface area contributed by atoms with Crippen molar-refractivity contribution in [2.24, 2.45) is 0 Å². The van der Waals surface area contributed by atoms with Gasteiger partial charge in [0, 0.05) is 66.4 Å². The molecule has 160 valence electrons. The largest absolute Gasteiger partial charge is 0.368 e. The first-order valence-electron chi connectivity index (χ1n) is 9.97. The van der Waals surface area contributed by atoms with Gasteiger partial charge < -0.3 is 10.2 Å². The first kappa shape index (κ1) is 21.0. The number of piperazine rings is 1. The van der Waals surface area contributed by atoms with Crippen LogP contribution in [0, 0.1) is 17.0 Å². The zero-order valence-corrected chi connectivity index (χ0v) is 17.8. The summed E-state index contributed by atoms with van der Waals surface area (Å²) in [6, 6.07) is 10.6. The second kappa shape index (κ2) is 8.87. The van der Waals surface area contributed by atoms with E-state index in [1.54, 1.807) is 18.3 Å². The standard InChI is InChI=1S/C22H22ClN5O3/c1-15-2-3-16(12-19(15)23)25-22(29)14-26-8-10-27(11-9-26)20-4-5-21(28(30)31)18-13-24-7-6-17(18)20/h2-7,12-13H,8-11,14H2,1H3,(H,25,29). The van der Waals surface area contributed by atoms with Gasteiger partial charge in [0.15, 0.2) is 0 Å². The van der Waals surface area contributed by atoms with Crippen LogP contribution in [0.3, 0.4) is 0 Å². The van der Waals surface area contributed by atoms with Gasteiger partial charge in [-0.3, -0.25) is 24.8 Å². The van der Waals surface area contributed by atoms with Crippen molar-refractivity contribution in [2.45, 2.75) is 6.92 Å². The fourth-order valence-corrected chi connectivity index (χ4v) is 4.00. The van der Waals surface area contributed by atoms with Crippen LogP contribution in [0.2, 0.25) is 5.02 Å². The molecule has 2 aromatic carbocycles. The van der Waals surface area contributed by atoms with Gasteiger partial charge in [-0.05, 0) is 36.8 Å². The second-order valence-electron chi connectivity index (χ2n) is 7.56. The van der Waals surface area contributed by atoms with E-state index in [-0.39, 0.29) is 16.5 Å². The average molecular weight is 440 g/mol. The van der Waals surface area contributed by atoms with Gasteiger partial charge in [-0.15, -0.1) is 0 Å². The summed E-state index contributed by atoms with van der Waals surface area (Å²) in [7, 11) is 0. The molecule has 0 aliphatic carbocycles. The number of nitro groups is 1. The number of halogens is 1. The lowest BCUT2D eigenvalue weighted by atomic mass is 10.1. The molecule has 31 heavy (non-hydrogen) atoms. The number of benzene rings is 2.